The van der Waals surface area contributed by atoms with Gasteiger partial charge in [0.15, 0.2) is 0 Å². The molecule has 2 amide bonds. The minimum absolute atomic E-state index is 0.160. The summed E-state index contributed by atoms with van der Waals surface area (Å²) in [7, 11) is 1.53. The Morgan fingerprint density at radius 2 is 1.72 bits per heavy atom. The Balaban J connectivity index is 1.56. The van der Waals surface area contributed by atoms with Gasteiger partial charge in [-0.3, -0.25) is 14.6 Å². The lowest BCUT2D eigenvalue weighted by molar-refractivity contribution is 0.0953. The highest BCUT2D eigenvalue weighted by molar-refractivity contribution is 6.05. The van der Waals surface area contributed by atoms with Crippen LogP contribution in [0.15, 0.2) is 72.9 Å². The Labute approximate surface area is 169 Å². The number of carbonyl (C=O) groups excluding carboxylic acids is 2. The molecule has 0 aliphatic heterocycles. The molecule has 1 heterocycles. The first-order chi connectivity index (χ1) is 14.2. The number of aromatic nitrogens is 1. The third kappa shape index (κ3) is 5.65. The number of benzene rings is 2. The first-order valence-electron chi connectivity index (χ1n) is 9.40. The quantitative estimate of drug-likeness (QED) is 0.576. The number of amides is 2. The fraction of sp³-hybridized carbons (Fsp3) is 0.174. The van der Waals surface area contributed by atoms with Crippen molar-refractivity contribution >= 4 is 17.5 Å². The summed E-state index contributed by atoms with van der Waals surface area (Å²) < 4.78 is 5.23. The molecule has 3 rings (SSSR count). The summed E-state index contributed by atoms with van der Waals surface area (Å²) in [6.45, 7) is 0.554. The Hall–Kier alpha value is -3.67. The lowest BCUT2D eigenvalue weighted by Gasteiger charge is -2.10. The SMILES string of the molecule is COc1ccccc1NC(=O)c1cc(C(=O)NCCCc2ccccc2)ccn1. The largest absolute Gasteiger partial charge is 0.495 e. The van der Waals surface area contributed by atoms with Gasteiger partial charge < -0.3 is 15.4 Å². The number of pyridine rings is 1. The van der Waals surface area contributed by atoms with Gasteiger partial charge in [-0.05, 0) is 42.7 Å². The standard InChI is InChI=1S/C23H23N3O3/c1-29-21-12-6-5-11-19(21)26-23(28)20-16-18(13-15-24-20)22(27)25-14-7-10-17-8-3-2-4-9-17/h2-6,8-9,11-13,15-16H,7,10,14H2,1H3,(H,25,27)(H,26,28). The molecule has 29 heavy (non-hydrogen) atoms. The molecule has 3 aromatic rings. The monoisotopic (exact) mass is 389 g/mol. The van der Waals surface area contributed by atoms with Crippen LogP contribution in [-0.4, -0.2) is 30.5 Å². The summed E-state index contributed by atoms with van der Waals surface area (Å²) in [4.78, 5) is 29.0. The van der Waals surface area contributed by atoms with E-state index in [4.69, 9.17) is 4.74 Å². The average molecular weight is 389 g/mol. The van der Waals surface area contributed by atoms with Crippen molar-refractivity contribution in [1.82, 2.24) is 10.3 Å². The van der Waals surface area contributed by atoms with Crippen LogP contribution < -0.4 is 15.4 Å². The maximum atomic E-state index is 12.5. The van der Waals surface area contributed by atoms with Crippen LogP contribution in [0.2, 0.25) is 0 Å². The number of para-hydroxylation sites is 2. The zero-order valence-electron chi connectivity index (χ0n) is 16.2. The van der Waals surface area contributed by atoms with E-state index in [1.807, 2.05) is 24.3 Å². The van der Waals surface area contributed by atoms with Crippen molar-refractivity contribution in [2.24, 2.45) is 0 Å². The number of carbonyl (C=O) groups is 2. The van der Waals surface area contributed by atoms with Crippen LogP contribution in [0.1, 0.15) is 32.8 Å². The van der Waals surface area contributed by atoms with Gasteiger partial charge in [0.25, 0.3) is 11.8 Å². The van der Waals surface area contributed by atoms with E-state index in [-0.39, 0.29) is 11.6 Å². The maximum absolute atomic E-state index is 12.5. The number of hydrogen-bond donors (Lipinski definition) is 2. The van der Waals surface area contributed by atoms with Crippen molar-refractivity contribution in [2.75, 3.05) is 19.0 Å². The van der Waals surface area contributed by atoms with Gasteiger partial charge in [0, 0.05) is 18.3 Å². The Kier molecular flexibility index (Phi) is 6.95. The smallest absolute Gasteiger partial charge is 0.274 e. The van der Waals surface area contributed by atoms with Crippen molar-refractivity contribution in [2.45, 2.75) is 12.8 Å². The third-order valence-electron chi connectivity index (χ3n) is 4.38. The second-order valence-electron chi connectivity index (χ2n) is 6.43. The lowest BCUT2D eigenvalue weighted by atomic mass is 10.1. The summed E-state index contributed by atoms with van der Waals surface area (Å²) in [5.41, 5.74) is 2.33. The highest BCUT2D eigenvalue weighted by Crippen LogP contribution is 2.23. The predicted octanol–water partition coefficient (Wildman–Crippen LogP) is 3.71. The predicted molar refractivity (Wildman–Crippen MR) is 112 cm³/mol. The third-order valence-corrected chi connectivity index (χ3v) is 4.38. The molecule has 2 N–H and O–H groups in total. The Morgan fingerprint density at radius 3 is 2.52 bits per heavy atom. The number of ether oxygens (including phenoxy) is 1. The van der Waals surface area contributed by atoms with Crippen LogP contribution in [-0.2, 0) is 6.42 Å². The molecule has 6 nitrogen and oxygen atoms in total. The summed E-state index contributed by atoms with van der Waals surface area (Å²) in [6.07, 6.45) is 3.18. The molecule has 6 heteroatoms. The normalized spacial score (nSPS) is 10.2. The molecule has 0 aliphatic carbocycles. The Morgan fingerprint density at radius 1 is 0.966 bits per heavy atom. The summed E-state index contributed by atoms with van der Waals surface area (Å²) in [6, 6.07) is 20.3. The van der Waals surface area contributed by atoms with Gasteiger partial charge in [-0.25, -0.2) is 0 Å². The van der Waals surface area contributed by atoms with Crippen LogP contribution in [0.4, 0.5) is 5.69 Å². The second kappa shape index (κ2) is 10.0. The zero-order chi connectivity index (χ0) is 20.5. The molecule has 0 fully saturated rings. The van der Waals surface area contributed by atoms with E-state index >= 15 is 0 Å². The van der Waals surface area contributed by atoms with Crippen LogP contribution >= 0.6 is 0 Å². The topological polar surface area (TPSA) is 80.3 Å². The van der Waals surface area contributed by atoms with Crippen molar-refractivity contribution in [3.63, 3.8) is 0 Å². The van der Waals surface area contributed by atoms with Crippen LogP contribution in [0.5, 0.6) is 5.75 Å². The lowest BCUT2D eigenvalue weighted by Crippen LogP contribution is -2.25. The second-order valence-corrected chi connectivity index (χ2v) is 6.43. The fourth-order valence-electron chi connectivity index (χ4n) is 2.87. The summed E-state index contributed by atoms with van der Waals surface area (Å²) in [5, 5.41) is 5.64. The van der Waals surface area contributed by atoms with E-state index in [1.165, 1.54) is 24.9 Å². The van der Waals surface area contributed by atoms with E-state index in [1.54, 1.807) is 24.3 Å². The van der Waals surface area contributed by atoms with E-state index in [9.17, 15) is 9.59 Å². The summed E-state index contributed by atoms with van der Waals surface area (Å²) in [5.74, 6) is -0.0896. The Bertz CT molecular complexity index is 974. The van der Waals surface area contributed by atoms with Crippen LogP contribution in [0.3, 0.4) is 0 Å². The molecule has 0 saturated heterocycles. The fourth-order valence-corrected chi connectivity index (χ4v) is 2.87. The molecule has 1 aromatic heterocycles. The molecule has 0 radical (unpaired) electrons. The van der Waals surface area contributed by atoms with Crippen molar-refractivity contribution in [3.8, 4) is 5.75 Å². The van der Waals surface area contributed by atoms with Crippen molar-refractivity contribution < 1.29 is 14.3 Å². The average Bonchev–Trinajstić information content (AvgIpc) is 2.77. The molecule has 0 unspecified atom stereocenters. The molecular formula is C23H23N3O3. The molecule has 0 spiro atoms. The molecule has 2 aromatic carbocycles. The van der Waals surface area contributed by atoms with Gasteiger partial charge in [-0.2, -0.15) is 0 Å². The molecular weight excluding hydrogens is 366 g/mol. The van der Waals surface area contributed by atoms with E-state index in [0.29, 0.717) is 23.5 Å². The number of nitrogens with zero attached hydrogens (tertiary/aromatic N) is 1. The minimum Gasteiger partial charge on any atom is -0.495 e. The highest BCUT2D eigenvalue weighted by Gasteiger charge is 2.13. The molecule has 0 atom stereocenters. The van der Waals surface area contributed by atoms with Gasteiger partial charge in [-0.1, -0.05) is 42.5 Å². The van der Waals surface area contributed by atoms with Gasteiger partial charge in [0.2, 0.25) is 0 Å². The zero-order valence-corrected chi connectivity index (χ0v) is 16.2. The molecule has 0 bridgehead atoms. The highest BCUT2D eigenvalue weighted by atomic mass is 16.5. The molecule has 148 valence electrons. The first-order valence-corrected chi connectivity index (χ1v) is 9.40. The maximum Gasteiger partial charge on any atom is 0.274 e. The van der Waals surface area contributed by atoms with Gasteiger partial charge in [0.1, 0.15) is 11.4 Å². The number of rotatable bonds is 8. The van der Waals surface area contributed by atoms with Gasteiger partial charge in [-0.15, -0.1) is 0 Å². The number of hydrogen-bond acceptors (Lipinski definition) is 4. The van der Waals surface area contributed by atoms with Gasteiger partial charge >= 0.3 is 0 Å². The molecule has 0 aliphatic rings. The van der Waals surface area contributed by atoms with Crippen molar-refractivity contribution in [3.05, 3.63) is 89.7 Å². The van der Waals surface area contributed by atoms with Crippen molar-refractivity contribution in [1.29, 1.82) is 0 Å². The number of anilines is 1. The van der Waals surface area contributed by atoms with E-state index in [2.05, 4.69) is 27.8 Å². The molecule has 0 saturated carbocycles. The van der Waals surface area contributed by atoms with Crippen LogP contribution in [0.25, 0.3) is 0 Å². The van der Waals surface area contributed by atoms with E-state index in [0.717, 1.165) is 12.8 Å². The summed E-state index contributed by atoms with van der Waals surface area (Å²) >= 11 is 0. The van der Waals surface area contributed by atoms with E-state index < -0.39 is 5.91 Å². The van der Waals surface area contributed by atoms with Crippen LogP contribution in [0, 0.1) is 0 Å². The number of aryl methyl sites for hydroxylation is 1. The first kappa shape index (κ1) is 20.1. The minimum atomic E-state index is -0.409. The van der Waals surface area contributed by atoms with Gasteiger partial charge in [0.05, 0.1) is 12.8 Å². The number of nitrogens with one attached hydrogen (secondary N) is 2. The number of methoxy groups -OCH3 is 1.